The minimum absolute atomic E-state index is 0.670. The number of nitrogens with two attached hydrogens (primary N) is 1. The van der Waals surface area contributed by atoms with Crippen molar-refractivity contribution in [2.24, 2.45) is 0 Å². The molecule has 0 heterocycles. The number of anilines is 2. The number of nitrogens with zero attached hydrogens (tertiary/aromatic N) is 1. The van der Waals surface area contributed by atoms with Crippen molar-refractivity contribution in [2.45, 2.75) is 0 Å². The van der Waals surface area contributed by atoms with Gasteiger partial charge in [0.15, 0.2) is 0 Å². The van der Waals surface area contributed by atoms with Crippen LogP contribution in [0.2, 0.25) is 0 Å². The van der Waals surface area contributed by atoms with E-state index in [4.69, 9.17) is 10.5 Å². The van der Waals surface area contributed by atoms with Crippen molar-refractivity contribution in [2.75, 3.05) is 31.8 Å². The van der Waals surface area contributed by atoms with Gasteiger partial charge in [-0.25, -0.2) is 0 Å². The van der Waals surface area contributed by atoms with Crippen molar-refractivity contribution in [3.63, 3.8) is 0 Å². The highest BCUT2D eigenvalue weighted by Crippen LogP contribution is 2.25. The molecule has 0 aliphatic carbocycles. The van der Waals surface area contributed by atoms with E-state index in [0.29, 0.717) is 5.69 Å². The molecule has 0 spiro atoms. The van der Waals surface area contributed by atoms with E-state index < -0.39 is 0 Å². The topological polar surface area (TPSA) is 38.5 Å². The van der Waals surface area contributed by atoms with E-state index in [9.17, 15) is 0 Å². The van der Waals surface area contributed by atoms with Crippen molar-refractivity contribution >= 4 is 11.4 Å². The zero-order valence-corrected chi connectivity index (χ0v) is 7.66. The number of methoxy groups -OCH3 is 1. The second-order valence-corrected chi connectivity index (χ2v) is 2.82. The summed E-state index contributed by atoms with van der Waals surface area (Å²) in [6, 6.07) is 5.71. The highest BCUT2D eigenvalue weighted by Gasteiger charge is 2.01. The molecule has 3 nitrogen and oxygen atoms in total. The van der Waals surface area contributed by atoms with Gasteiger partial charge in [-0.15, -0.1) is 0 Å². The van der Waals surface area contributed by atoms with Gasteiger partial charge in [0.05, 0.1) is 12.8 Å². The molecule has 0 aliphatic heterocycles. The van der Waals surface area contributed by atoms with Crippen LogP contribution in [0.1, 0.15) is 0 Å². The number of hydrogen-bond acceptors (Lipinski definition) is 3. The van der Waals surface area contributed by atoms with Crippen molar-refractivity contribution in [3.05, 3.63) is 18.2 Å². The quantitative estimate of drug-likeness (QED) is 0.674. The first kappa shape index (κ1) is 8.71. The van der Waals surface area contributed by atoms with Gasteiger partial charge in [-0.2, -0.15) is 0 Å². The molecule has 0 saturated heterocycles. The fraction of sp³-hybridized carbons (Fsp3) is 0.333. The Balaban J connectivity index is 3.05. The van der Waals surface area contributed by atoms with Crippen LogP contribution in [0.5, 0.6) is 5.75 Å². The minimum Gasteiger partial charge on any atom is -0.495 e. The number of ether oxygens (including phenoxy) is 1. The predicted molar refractivity (Wildman–Crippen MR) is 51.7 cm³/mol. The van der Waals surface area contributed by atoms with Crippen LogP contribution in [0.25, 0.3) is 0 Å². The lowest BCUT2D eigenvalue weighted by atomic mass is 10.2. The molecule has 2 N–H and O–H groups in total. The van der Waals surface area contributed by atoms with Gasteiger partial charge in [-0.3, -0.25) is 0 Å². The molecule has 0 aliphatic rings. The summed E-state index contributed by atoms with van der Waals surface area (Å²) in [6.07, 6.45) is 0. The van der Waals surface area contributed by atoms with Crippen LogP contribution in [0, 0.1) is 0 Å². The molecule has 0 atom stereocenters. The first-order chi connectivity index (χ1) is 5.65. The monoisotopic (exact) mass is 166 g/mol. The van der Waals surface area contributed by atoms with Gasteiger partial charge in [-0.05, 0) is 12.1 Å². The fourth-order valence-electron chi connectivity index (χ4n) is 0.978. The van der Waals surface area contributed by atoms with Crippen LogP contribution in [0.15, 0.2) is 18.2 Å². The van der Waals surface area contributed by atoms with E-state index in [1.54, 1.807) is 7.11 Å². The van der Waals surface area contributed by atoms with Crippen molar-refractivity contribution in [3.8, 4) is 5.75 Å². The summed E-state index contributed by atoms with van der Waals surface area (Å²) in [7, 11) is 5.57. The van der Waals surface area contributed by atoms with Crippen LogP contribution in [-0.4, -0.2) is 21.2 Å². The number of nitrogen functional groups attached to an aromatic ring is 1. The van der Waals surface area contributed by atoms with E-state index in [1.165, 1.54) is 0 Å². The van der Waals surface area contributed by atoms with E-state index in [0.717, 1.165) is 11.4 Å². The van der Waals surface area contributed by atoms with Gasteiger partial charge >= 0.3 is 0 Å². The number of rotatable bonds is 2. The summed E-state index contributed by atoms with van der Waals surface area (Å²) < 4.78 is 5.08. The van der Waals surface area contributed by atoms with E-state index in [-0.39, 0.29) is 0 Å². The molecule has 1 rings (SSSR count). The second kappa shape index (κ2) is 3.34. The van der Waals surface area contributed by atoms with Crippen molar-refractivity contribution in [1.29, 1.82) is 0 Å². The molecule has 0 bridgehead atoms. The lowest BCUT2D eigenvalue weighted by Crippen LogP contribution is -2.08. The van der Waals surface area contributed by atoms with Crippen LogP contribution in [0.4, 0.5) is 11.4 Å². The fourth-order valence-corrected chi connectivity index (χ4v) is 0.978. The maximum absolute atomic E-state index is 5.66. The molecule has 0 amide bonds. The molecule has 66 valence electrons. The number of hydrogen-bond donors (Lipinski definition) is 1. The SMILES string of the molecule is COc1cc(N(C)C)ccc1N. The number of benzene rings is 1. The standard InChI is InChI=1S/C9H14N2O/c1-11(2)7-4-5-8(10)9(6-7)12-3/h4-6H,10H2,1-3H3. The van der Waals surface area contributed by atoms with E-state index in [2.05, 4.69) is 0 Å². The van der Waals surface area contributed by atoms with Gasteiger partial charge in [0.1, 0.15) is 5.75 Å². The van der Waals surface area contributed by atoms with Crippen LogP contribution < -0.4 is 15.4 Å². The summed E-state index contributed by atoms with van der Waals surface area (Å²) >= 11 is 0. The Morgan fingerprint density at radius 1 is 1.33 bits per heavy atom. The molecular weight excluding hydrogens is 152 g/mol. The Bertz CT molecular complexity index is 271. The average molecular weight is 166 g/mol. The zero-order valence-electron chi connectivity index (χ0n) is 7.66. The Morgan fingerprint density at radius 2 is 2.00 bits per heavy atom. The van der Waals surface area contributed by atoms with Crippen LogP contribution in [0.3, 0.4) is 0 Å². The Kier molecular flexibility index (Phi) is 2.43. The highest BCUT2D eigenvalue weighted by atomic mass is 16.5. The maximum atomic E-state index is 5.66. The van der Waals surface area contributed by atoms with E-state index >= 15 is 0 Å². The Morgan fingerprint density at radius 3 is 2.50 bits per heavy atom. The molecular formula is C9H14N2O. The van der Waals surface area contributed by atoms with Crippen LogP contribution >= 0.6 is 0 Å². The minimum atomic E-state index is 0.670. The highest BCUT2D eigenvalue weighted by molar-refractivity contribution is 5.61. The third kappa shape index (κ3) is 1.61. The first-order valence-corrected chi connectivity index (χ1v) is 3.76. The van der Waals surface area contributed by atoms with Gasteiger partial charge in [0, 0.05) is 25.8 Å². The van der Waals surface area contributed by atoms with Gasteiger partial charge in [-0.1, -0.05) is 0 Å². The van der Waals surface area contributed by atoms with Crippen LogP contribution in [-0.2, 0) is 0 Å². The molecule has 0 saturated carbocycles. The predicted octanol–water partition coefficient (Wildman–Crippen LogP) is 1.34. The molecule has 0 fully saturated rings. The Labute approximate surface area is 72.7 Å². The first-order valence-electron chi connectivity index (χ1n) is 3.76. The Hall–Kier alpha value is -1.38. The molecule has 3 heteroatoms. The van der Waals surface area contributed by atoms with Crippen molar-refractivity contribution < 1.29 is 4.74 Å². The summed E-state index contributed by atoms with van der Waals surface area (Å²) in [4.78, 5) is 2.00. The van der Waals surface area contributed by atoms with E-state index in [1.807, 2.05) is 37.2 Å². The molecule has 12 heavy (non-hydrogen) atoms. The largest absolute Gasteiger partial charge is 0.495 e. The van der Waals surface area contributed by atoms with Crippen molar-refractivity contribution in [1.82, 2.24) is 0 Å². The molecule has 1 aromatic rings. The van der Waals surface area contributed by atoms with Gasteiger partial charge in [0.25, 0.3) is 0 Å². The maximum Gasteiger partial charge on any atom is 0.143 e. The molecule has 0 aromatic heterocycles. The van der Waals surface area contributed by atoms with Gasteiger partial charge in [0.2, 0.25) is 0 Å². The molecule has 0 radical (unpaired) electrons. The third-order valence-corrected chi connectivity index (χ3v) is 1.73. The lowest BCUT2D eigenvalue weighted by Gasteiger charge is -2.14. The molecule has 1 aromatic carbocycles. The normalized spacial score (nSPS) is 9.58. The van der Waals surface area contributed by atoms with Gasteiger partial charge < -0.3 is 15.4 Å². The zero-order chi connectivity index (χ0) is 9.14. The third-order valence-electron chi connectivity index (χ3n) is 1.73. The second-order valence-electron chi connectivity index (χ2n) is 2.82. The molecule has 0 unspecified atom stereocenters. The summed E-state index contributed by atoms with van der Waals surface area (Å²) in [5.74, 6) is 0.723. The summed E-state index contributed by atoms with van der Waals surface area (Å²) in [5, 5.41) is 0. The summed E-state index contributed by atoms with van der Waals surface area (Å²) in [5.41, 5.74) is 7.41. The summed E-state index contributed by atoms with van der Waals surface area (Å²) in [6.45, 7) is 0. The smallest absolute Gasteiger partial charge is 0.143 e. The average Bonchev–Trinajstić information content (AvgIpc) is 2.05. The lowest BCUT2D eigenvalue weighted by molar-refractivity contribution is 0.417.